The van der Waals surface area contributed by atoms with Crippen LogP contribution in [0.1, 0.15) is 72.9 Å². The Bertz CT molecular complexity index is 916. The molecule has 0 bridgehead atoms. The van der Waals surface area contributed by atoms with Gasteiger partial charge in [0.2, 0.25) is 0 Å². The fourth-order valence-electron chi connectivity index (χ4n) is 2.88. The molecule has 0 fully saturated rings. The third-order valence-electron chi connectivity index (χ3n) is 5.00. The second kappa shape index (κ2) is 28.9. The van der Waals surface area contributed by atoms with Gasteiger partial charge >= 0.3 is 6.09 Å². The molecule has 0 spiro atoms. The van der Waals surface area contributed by atoms with Gasteiger partial charge in [0.05, 0.1) is 4.92 Å². The number of nitrogens with zero attached hydrogens (tertiary/aromatic N) is 2. The molecule has 0 heterocycles. The van der Waals surface area contributed by atoms with Crippen molar-refractivity contribution < 1.29 is 29.2 Å². The zero-order valence-corrected chi connectivity index (χ0v) is 27.5. The van der Waals surface area contributed by atoms with E-state index in [0.717, 1.165) is 38.3 Å². The number of nitro benzene ring substituents is 1. The first-order valence-electron chi connectivity index (χ1n) is 13.9. The van der Waals surface area contributed by atoms with Crippen molar-refractivity contribution in [2.75, 3.05) is 20.7 Å². The van der Waals surface area contributed by atoms with E-state index >= 15 is 0 Å². The number of benzene rings is 2. The van der Waals surface area contributed by atoms with Gasteiger partial charge in [-0.05, 0) is 73.9 Å². The van der Waals surface area contributed by atoms with Crippen LogP contribution in [0.15, 0.2) is 54.6 Å². The van der Waals surface area contributed by atoms with Crippen molar-refractivity contribution in [3.8, 4) is 0 Å². The molecule has 0 aromatic heterocycles. The van der Waals surface area contributed by atoms with E-state index in [4.69, 9.17) is 19.4 Å². The molecule has 2 N–H and O–H groups in total. The summed E-state index contributed by atoms with van der Waals surface area (Å²) in [6, 6.07) is 17.2. The van der Waals surface area contributed by atoms with E-state index in [1.54, 1.807) is 12.1 Å². The lowest BCUT2D eigenvalue weighted by Crippen LogP contribution is -2.42. The van der Waals surface area contributed by atoms with Gasteiger partial charge in [-0.3, -0.25) is 10.1 Å². The molecule has 0 aliphatic rings. The van der Waals surface area contributed by atoms with Gasteiger partial charge in [-0.15, -0.1) is 0 Å². The summed E-state index contributed by atoms with van der Waals surface area (Å²) >= 11 is 0. The lowest BCUT2D eigenvalue weighted by Gasteiger charge is -2.26. The molecule has 240 valence electrons. The Morgan fingerprint density at radius 3 is 1.90 bits per heavy atom. The summed E-state index contributed by atoms with van der Waals surface area (Å²) in [7, 11) is 3.11. The molecular weight excluding hydrogens is 538 g/mol. The second-order valence-corrected chi connectivity index (χ2v) is 9.72. The lowest BCUT2D eigenvalue weighted by molar-refractivity contribution is -0.384. The van der Waals surface area contributed by atoms with Crippen LogP contribution in [0.2, 0.25) is 0 Å². The maximum absolute atomic E-state index is 12.1. The van der Waals surface area contributed by atoms with Gasteiger partial charge in [0.1, 0.15) is 18.7 Å². The number of hydrogen-bond donors (Lipinski definition) is 2. The van der Waals surface area contributed by atoms with E-state index < -0.39 is 10.5 Å². The maximum atomic E-state index is 12.1. The fourth-order valence-corrected chi connectivity index (χ4v) is 2.88. The summed E-state index contributed by atoms with van der Waals surface area (Å²) in [6.45, 7) is 20.3. The Labute approximate surface area is 253 Å². The van der Waals surface area contributed by atoms with E-state index in [1.165, 1.54) is 24.6 Å². The van der Waals surface area contributed by atoms with Crippen LogP contribution in [-0.4, -0.2) is 72.5 Å². The number of aliphatic hydroxyl groups excluding tert-OH is 1. The average molecular weight is 594 g/mol. The molecule has 1 atom stereocenters. The Balaban J connectivity index is -0.000000313. The van der Waals surface area contributed by atoms with E-state index in [1.807, 2.05) is 66.5 Å². The van der Waals surface area contributed by atoms with Gasteiger partial charge in [-0.25, -0.2) is 4.79 Å². The van der Waals surface area contributed by atoms with Crippen molar-refractivity contribution in [1.29, 1.82) is 0 Å². The minimum absolute atomic E-state index is 0.0634. The number of nitrogens with one attached hydrogen (secondary N) is 1. The molecule has 0 saturated carbocycles. The molecule has 0 aliphatic heterocycles. The molecule has 2 aromatic rings. The first-order valence-corrected chi connectivity index (χ1v) is 13.9. The predicted molar refractivity (Wildman–Crippen MR) is 172 cm³/mol. The van der Waals surface area contributed by atoms with Gasteiger partial charge in [-0.1, -0.05) is 61.9 Å². The number of amides is 1. The zero-order chi connectivity index (χ0) is 33.7. The molecule has 0 aliphatic carbocycles. The Morgan fingerprint density at radius 2 is 1.52 bits per heavy atom. The third kappa shape index (κ3) is 27.9. The van der Waals surface area contributed by atoms with Crippen molar-refractivity contribution in [3.63, 3.8) is 0 Å². The average Bonchev–Trinajstić information content (AvgIpc) is 2.95. The summed E-state index contributed by atoms with van der Waals surface area (Å²) in [4.78, 5) is 40.9. The molecule has 2 aromatic carbocycles. The highest BCUT2D eigenvalue weighted by Gasteiger charge is 2.20. The zero-order valence-electron chi connectivity index (χ0n) is 27.5. The minimum atomic E-state index is -0.476. The quantitative estimate of drug-likeness (QED) is 0.203. The van der Waals surface area contributed by atoms with Gasteiger partial charge < -0.3 is 29.6 Å². The van der Waals surface area contributed by atoms with Crippen molar-refractivity contribution in [2.45, 2.75) is 92.8 Å². The summed E-state index contributed by atoms with van der Waals surface area (Å²) < 4.78 is 5.40. The van der Waals surface area contributed by atoms with Crippen LogP contribution in [0.5, 0.6) is 0 Å². The van der Waals surface area contributed by atoms with E-state index in [0.29, 0.717) is 6.04 Å². The van der Waals surface area contributed by atoms with Crippen LogP contribution in [0.4, 0.5) is 10.5 Å². The van der Waals surface area contributed by atoms with Gasteiger partial charge in [0.15, 0.2) is 0 Å². The number of alkyl carbamates (subject to hydrolysis) is 1. The molecule has 1 amide bonds. The van der Waals surface area contributed by atoms with Crippen molar-refractivity contribution in [1.82, 2.24) is 10.2 Å². The van der Waals surface area contributed by atoms with Crippen molar-refractivity contribution in [3.05, 3.63) is 75.8 Å². The topological polar surface area (TPSA) is 139 Å². The molecule has 0 unspecified atom stereocenters. The number of carbonyl (C=O) groups is 3. The van der Waals surface area contributed by atoms with E-state index in [-0.39, 0.29) is 17.8 Å². The molecular formula is C32H55N3O7. The van der Waals surface area contributed by atoms with E-state index in [9.17, 15) is 14.9 Å². The molecule has 10 heteroatoms. The first-order chi connectivity index (χ1) is 19.8. The van der Waals surface area contributed by atoms with Crippen LogP contribution in [0, 0.1) is 17.0 Å². The van der Waals surface area contributed by atoms with Crippen LogP contribution < -0.4 is 5.32 Å². The fraction of sp³-hybridized carbons (Fsp3) is 0.531. The highest BCUT2D eigenvalue weighted by molar-refractivity contribution is 5.68. The molecule has 0 saturated heterocycles. The highest BCUT2D eigenvalue weighted by atomic mass is 16.6. The Hall–Kier alpha value is -3.63. The number of aliphatic hydroxyl groups is 1. The number of aldehydes is 1. The molecule has 42 heavy (non-hydrogen) atoms. The summed E-state index contributed by atoms with van der Waals surface area (Å²) in [6.07, 6.45) is 2.11. The number of carbonyl (C=O) groups excluding carboxylic acids is 3. The summed E-state index contributed by atoms with van der Waals surface area (Å²) in [5.74, 6) is 0. The van der Waals surface area contributed by atoms with E-state index in [2.05, 4.69) is 43.2 Å². The van der Waals surface area contributed by atoms with Crippen LogP contribution in [0.25, 0.3) is 0 Å². The maximum Gasteiger partial charge on any atom is 0.407 e. The SMILES string of the molecule is C=O.CC.CC(C)N(C)CC[C@H](Cc1ccccc1)NC(=O)OC(C)(C)C.CC=O.CO.Cc1ccc([N+](=O)[O-])cc1. The van der Waals surface area contributed by atoms with Crippen molar-refractivity contribution >= 4 is 24.9 Å². The van der Waals surface area contributed by atoms with Gasteiger partial charge in [0, 0.05) is 37.9 Å². The monoisotopic (exact) mass is 593 g/mol. The number of hydrogen-bond acceptors (Lipinski definition) is 8. The van der Waals surface area contributed by atoms with Crippen LogP contribution in [-0.2, 0) is 20.7 Å². The minimum Gasteiger partial charge on any atom is -0.444 e. The van der Waals surface area contributed by atoms with Crippen LogP contribution in [0.3, 0.4) is 0 Å². The lowest BCUT2D eigenvalue weighted by atomic mass is 10.0. The third-order valence-corrected chi connectivity index (χ3v) is 5.00. The molecule has 0 radical (unpaired) electrons. The van der Waals surface area contributed by atoms with Crippen LogP contribution >= 0.6 is 0 Å². The number of nitro groups is 1. The smallest absolute Gasteiger partial charge is 0.407 e. The predicted octanol–water partition coefficient (Wildman–Crippen LogP) is 6.41. The van der Waals surface area contributed by atoms with Crippen molar-refractivity contribution in [2.24, 2.45) is 0 Å². The van der Waals surface area contributed by atoms with Gasteiger partial charge in [-0.2, -0.15) is 0 Å². The number of rotatable bonds is 8. The number of non-ortho nitro benzene ring substituents is 1. The molecule has 10 nitrogen and oxygen atoms in total. The molecule has 2 rings (SSSR count). The summed E-state index contributed by atoms with van der Waals surface area (Å²) in [5.41, 5.74) is 1.92. The highest BCUT2D eigenvalue weighted by Crippen LogP contribution is 2.11. The number of ether oxygens (including phenoxy) is 1. The largest absolute Gasteiger partial charge is 0.444 e. The Kier molecular flexibility index (Phi) is 31.2. The Morgan fingerprint density at radius 1 is 1.07 bits per heavy atom. The number of aryl methyl sites for hydroxylation is 1. The normalized spacial score (nSPS) is 10.1. The first kappa shape index (κ1) is 45.4. The standard InChI is InChI=1S/C19H32N2O2.C7H7NO2.C2H4O.C2H6.CH4O.CH2O/c1-15(2)21(6)13-12-17(14-16-10-8-7-9-11-16)20-18(22)23-19(3,4)5;1-6-2-4-7(5-3-6)8(9)10;1-2-3;3*1-2/h7-11,15,17H,12-14H2,1-6H3,(H,20,22);2-5H,1H3;2H,1H3;1-2H3;2H,1H3;1H2/t17-;;;;;/m1...../s1. The van der Waals surface area contributed by atoms with Gasteiger partial charge in [0.25, 0.3) is 5.69 Å². The summed E-state index contributed by atoms with van der Waals surface area (Å²) in [5, 5.41) is 20.1. The second-order valence-electron chi connectivity index (χ2n) is 9.72.